The smallest absolute Gasteiger partial charge is 0.334 e. The average Bonchev–Trinajstić information content (AvgIpc) is 2.32. The molecule has 1 rings (SSSR count). The number of hydrogen-bond acceptors (Lipinski definition) is 3. The summed E-state index contributed by atoms with van der Waals surface area (Å²) in [5, 5.41) is 16.9. The number of carboxylic acids is 2. The fraction of sp³-hybridized carbons (Fsp3) is 0.333. The van der Waals surface area contributed by atoms with Crippen LogP contribution in [-0.4, -0.2) is 35.4 Å². The highest BCUT2D eigenvalue weighted by Crippen LogP contribution is 2.13. The molecule has 2 N–H and O–H groups in total. The molecule has 0 fully saturated rings. The van der Waals surface area contributed by atoms with Gasteiger partial charge in [0, 0.05) is 0 Å². The Labute approximate surface area is 61.9 Å². The molecule has 0 saturated carbocycles. The van der Waals surface area contributed by atoms with E-state index >= 15 is 0 Å². The first kappa shape index (κ1) is 7.74. The Morgan fingerprint density at radius 1 is 1.09 bits per heavy atom. The van der Waals surface area contributed by atoms with Crippen LogP contribution in [0.5, 0.6) is 0 Å². The summed E-state index contributed by atoms with van der Waals surface area (Å²) in [5.74, 6) is -2.44. The summed E-state index contributed by atoms with van der Waals surface area (Å²) in [6, 6.07) is 0. The van der Waals surface area contributed by atoms with Crippen molar-refractivity contribution in [2.45, 2.75) is 0 Å². The molecule has 0 bridgehead atoms. The van der Waals surface area contributed by atoms with Crippen molar-refractivity contribution in [1.29, 1.82) is 0 Å². The van der Waals surface area contributed by atoms with Gasteiger partial charge < -0.3 is 14.9 Å². The topological polar surface area (TPSA) is 83.8 Å². The van der Waals surface area contributed by atoms with E-state index in [1.807, 2.05) is 0 Å². The highest BCUT2D eigenvalue weighted by Gasteiger charge is 2.25. The molecule has 0 aromatic carbocycles. The van der Waals surface area contributed by atoms with Crippen LogP contribution in [0.3, 0.4) is 0 Å². The number of carbonyl (C=O) groups is 2. The van der Waals surface area contributed by atoms with Crippen LogP contribution in [0.4, 0.5) is 0 Å². The van der Waals surface area contributed by atoms with Gasteiger partial charge in [0.2, 0.25) is 0 Å². The fourth-order valence-corrected chi connectivity index (χ4v) is 0.811. The van der Waals surface area contributed by atoms with Crippen molar-refractivity contribution in [2.75, 3.05) is 13.2 Å². The lowest BCUT2D eigenvalue weighted by Crippen LogP contribution is -2.09. The van der Waals surface area contributed by atoms with Crippen LogP contribution >= 0.6 is 0 Å². The van der Waals surface area contributed by atoms with Crippen LogP contribution in [-0.2, 0) is 14.3 Å². The van der Waals surface area contributed by atoms with Gasteiger partial charge in [0.25, 0.3) is 0 Å². The molecule has 5 nitrogen and oxygen atoms in total. The second kappa shape index (κ2) is 2.71. The van der Waals surface area contributed by atoms with Crippen molar-refractivity contribution in [1.82, 2.24) is 0 Å². The van der Waals surface area contributed by atoms with E-state index in [1.54, 1.807) is 0 Å². The zero-order valence-electron chi connectivity index (χ0n) is 5.53. The minimum atomic E-state index is -1.22. The zero-order valence-corrected chi connectivity index (χ0v) is 5.53. The minimum absolute atomic E-state index is 0.114. The van der Waals surface area contributed by atoms with Gasteiger partial charge in [-0.05, 0) is 0 Å². The molecule has 1 heterocycles. The summed E-state index contributed by atoms with van der Waals surface area (Å²) in [6.45, 7) is -0.228. The number of aliphatic carboxylic acids is 2. The third kappa shape index (κ3) is 1.38. The number of ether oxygens (including phenoxy) is 1. The Balaban J connectivity index is 2.95. The fourth-order valence-electron chi connectivity index (χ4n) is 0.811. The third-order valence-corrected chi connectivity index (χ3v) is 1.37. The van der Waals surface area contributed by atoms with E-state index in [0.717, 1.165) is 0 Å². The molecule has 0 radical (unpaired) electrons. The largest absolute Gasteiger partial charge is 0.478 e. The van der Waals surface area contributed by atoms with Crippen LogP contribution in [0.25, 0.3) is 0 Å². The molecule has 1 aliphatic heterocycles. The SMILES string of the molecule is O=C(O)C1=C(C(=O)O)COC1. The van der Waals surface area contributed by atoms with Crippen molar-refractivity contribution in [3.63, 3.8) is 0 Å². The first-order chi connectivity index (χ1) is 5.13. The predicted molar refractivity (Wildman–Crippen MR) is 33.1 cm³/mol. The van der Waals surface area contributed by atoms with E-state index in [0.29, 0.717) is 0 Å². The van der Waals surface area contributed by atoms with Crippen molar-refractivity contribution in [3.05, 3.63) is 11.1 Å². The molecule has 0 aromatic heterocycles. The van der Waals surface area contributed by atoms with Crippen molar-refractivity contribution in [3.8, 4) is 0 Å². The lowest BCUT2D eigenvalue weighted by Gasteiger charge is -1.92. The van der Waals surface area contributed by atoms with E-state index in [1.165, 1.54) is 0 Å². The molecule has 0 amide bonds. The predicted octanol–water partition coefficient (Wildman–Crippen LogP) is -0.518. The molecule has 0 aliphatic carbocycles. The van der Waals surface area contributed by atoms with Gasteiger partial charge in [-0.1, -0.05) is 0 Å². The molecule has 1 aliphatic rings. The second-order valence-corrected chi connectivity index (χ2v) is 2.06. The Hall–Kier alpha value is -1.36. The van der Waals surface area contributed by atoms with Gasteiger partial charge in [-0.15, -0.1) is 0 Å². The third-order valence-electron chi connectivity index (χ3n) is 1.37. The van der Waals surface area contributed by atoms with Crippen molar-refractivity contribution in [2.24, 2.45) is 0 Å². The first-order valence-electron chi connectivity index (χ1n) is 2.89. The molecule has 5 heteroatoms. The van der Waals surface area contributed by atoms with Gasteiger partial charge >= 0.3 is 11.9 Å². The van der Waals surface area contributed by atoms with Gasteiger partial charge in [-0.2, -0.15) is 0 Å². The number of hydrogen-bond donors (Lipinski definition) is 2. The van der Waals surface area contributed by atoms with Gasteiger partial charge in [-0.25, -0.2) is 9.59 Å². The summed E-state index contributed by atoms with van der Waals surface area (Å²) < 4.78 is 4.66. The highest BCUT2D eigenvalue weighted by atomic mass is 16.5. The van der Waals surface area contributed by atoms with Gasteiger partial charge in [0.05, 0.1) is 24.4 Å². The summed E-state index contributed by atoms with van der Waals surface area (Å²) >= 11 is 0. The molecule has 0 atom stereocenters. The molecule has 0 saturated heterocycles. The Morgan fingerprint density at radius 2 is 1.45 bits per heavy atom. The standard InChI is InChI=1S/C6H6O5/c7-5(8)3-1-11-2-4(3)6(9)10/h1-2H2,(H,7,8)(H,9,10). The maximum Gasteiger partial charge on any atom is 0.334 e. The highest BCUT2D eigenvalue weighted by molar-refractivity contribution is 5.99. The quantitative estimate of drug-likeness (QED) is 0.565. The van der Waals surface area contributed by atoms with Crippen LogP contribution in [0.2, 0.25) is 0 Å². The lowest BCUT2D eigenvalue weighted by molar-refractivity contribution is -0.135. The van der Waals surface area contributed by atoms with Crippen LogP contribution in [0, 0.1) is 0 Å². The normalized spacial score (nSPS) is 17.1. The molecule has 0 aromatic rings. The maximum atomic E-state index is 10.3. The molecule has 60 valence electrons. The van der Waals surface area contributed by atoms with Crippen LogP contribution < -0.4 is 0 Å². The summed E-state index contributed by atoms with van der Waals surface area (Å²) in [5.41, 5.74) is -0.310. The average molecular weight is 158 g/mol. The Morgan fingerprint density at radius 3 is 1.73 bits per heavy atom. The minimum Gasteiger partial charge on any atom is -0.478 e. The zero-order chi connectivity index (χ0) is 8.43. The Kier molecular flexibility index (Phi) is 1.91. The van der Waals surface area contributed by atoms with E-state index in [2.05, 4.69) is 4.74 Å². The maximum absolute atomic E-state index is 10.3. The van der Waals surface area contributed by atoms with Crippen molar-refractivity contribution < 1.29 is 24.5 Å². The second-order valence-electron chi connectivity index (χ2n) is 2.06. The molecule has 11 heavy (non-hydrogen) atoms. The van der Waals surface area contributed by atoms with Crippen LogP contribution in [0.1, 0.15) is 0 Å². The van der Waals surface area contributed by atoms with Crippen molar-refractivity contribution >= 4 is 11.9 Å². The monoisotopic (exact) mass is 158 g/mol. The Bertz CT molecular complexity index is 215. The summed E-state index contributed by atoms with van der Waals surface area (Å²) in [6.07, 6.45) is 0. The molecule has 0 spiro atoms. The van der Waals surface area contributed by atoms with E-state index < -0.39 is 11.9 Å². The van der Waals surface area contributed by atoms with Crippen LogP contribution in [0.15, 0.2) is 11.1 Å². The van der Waals surface area contributed by atoms with E-state index in [-0.39, 0.29) is 24.4 Å². The van der Waals surface area contributed by atoms with Gasteiger partial charge in [0.1, 0.15) is 0 Å². The van der Waals surface area contributed by atoms with Gasteiger partial charge in [-0.3, -0.25) is 0 Å². The molecule has 0 unspecified atom stereocenters. The molecular formula is C6H6O5. The summed E-state index contributed by atoms with van der Waals surface area (Å²) in [4.78, 5) is 20.6. The number of rotatable bonds is 2. The van der Waals surface area contributed by atoms with E-state index in [9.17, 15) is 9.59 Å². The summed E-state index contributed by atoms with van der Waals surface area (Å²) in [7, 11) is 0. The van der Waals surface area contributed by atoms with E-state index in [4.69, 9.17) is 10.2 Å². The molecular weight excluding hydrogens is 152 g/mol. The number of carboxylic acid groups (broad SMARTS) is 2. The first-order valence-corrected chi connectivity index (χ1v) is 2.89. The van der Waals surface area contributed by atoms with Gasteiger partial charge in [0.15, 0.2) is 0 Å². The lowest BCUT2D eigenvalue weighted by atomic mass is 10.1.